The van der Waals surface area contributed by atoms with Crippen molar-refractivity contribution in [3.05, 3.63) is 119 Å². The Morgan fingerprint density at radius 2 is 1.30 bits per heavy atom. The molecule has 0 heterocycles. The Balaban J connectivity index is 1.74. The standard InChI is InChI=1S/C28H29FO4/c1-2-31-20-32-27-21(18-25(30)26(27)29)19-33-28(22-12-6-3-7-13-22,23-14-8-4-9-15-23)24-16-10-5-11-17-24/h3-18,25-27,30H,2,19-20H2,1H3/t25-,26?,27-/m0/s1. The molecule has 5 heteroatoms. The van der Waals surface area contributed by atoms with Gasteiger partial charge in [-0.25, -0.2) is 4.39 Å². The highest BCUT2D eigenvalue weighted by atomic mass is 19.1. The molecule has 0 saturated heterocycles. The van der Waals surface area contributed by atoms with E-state index in [9.17, 15) is 9.50 Å². The summed E-state index contributed by atoms with van der Waals surface area (Å²) in [6.07, 6.45) is -2.24. The SMILES string of the molecule is CCOCO[C@H]1C(COC(c2ccccc2)(c2ccccc2)c2ccccc2)=C[C@H](O)C1F. The van der Waals surface area contributed by atoms with Crippen LogP contribution in [0.15, 0.2) is 103 Å². The van der Waals surface area contributed by atoms with Crippen LogP contribution >= 0.6 is 0 Å². The average molecular weight is 449 g/mol. The third-order valence-electron chi connectivity index (χ3n) is 5.90. The molecule has 0 fully saturated rings. The van der Waals surface area contributed by atoms with Crippen molar-refractivity contribution in [1.82, 2.24) is 0 Å². The fourth-order valence-corrected chi connectivity index (χ4v) is 4.28. The highest BCUT2D eigenvalue weighted by molar-refractivity contribution is 5.47. The van der Waals surface area contributed by atoms with Gasteiger partial charge in [0.25, 0.3) is 0 Å². The largest absolute Gasteiger partial charge is 0.386 e. The first-order valence-corrected chi connectivity index (χ1v) is 11.2. The van der Waals surface area contributed by atoms with Gasteiger partial charge in [0, 0.05) is 6.61 Å². The first-order chi connectivity index (χ1) is 16.2. The lowest BCUT2D eigenvalue weighted by atomic mass is 9.80. The molecule has 3 atom stereocenters. The first-order valence-electron chi connectivity index (χ1n) is 11.2. The minimum absolute atomic E-state index is 0.0488. The van der Waals surface area contributed by atoms with E-state index in [1.54, 1.807) is 0 Å². The smallest absolute Gasteiger partial charge is 0.159 e. The fourth-order valence-electron chi connectivity index (χ4n) is 4.28. The molecule has 4 rings (SSSR count). The molecular formula is C28H29FO4. The van der Waals surface area contributed by atoms with Crippen molar-refractivity contribution < 1.29 is 23.7 Å². The van der Waals surface area contributed by atoms with E-state index in [-0.39, 0.29) is 13.4 Å². The van der Waals surface area contributed by atoms with Crippen LogP contribution in [0.3, 0.4) is 0 Å². The summed E-state index contributed by atoms with van der Waals surface area (Å²) in [6, 6.07) is 29.9. The van der Waals surface area contributed by atoms with Gasteiger partial charge < -0.3 is 19.3 Å². The molecule has 1 aliphatic carbocycles. The summed E-state index contributed by atoms with van der Waals surface area (Å²) in [5.41, 5.74) is 2.47. The number of aliphatic hydroxyl groups excluding tert-OH is 1. The molecule has 4 nitrogen and oxygen atoms in total. The van der Waals surface area contributed by atoms with Gasteiger partial charge in [0.05, 0.1) is 6.61 Å². The summed E-state index contributed by atoms with van der Waals surface area (Å²) in [5, 5.41) is 10.1. The van der Waals surface area contributed by atoms with Gasteiger partial charge in [-0.15, -0.1) is 0 Å². The van der Waals surface area contributed by atoms with Crippen LogP contribution in [0, 0.1) is 0 Å². The van der Waals surface area contributed by atoms with Crippen molar-refractivity contribution in [2.75, 3.05) is 20.0 Å². The Bertz CT molecular complexity index is 927. The van der Waals surface area contributed by atoms with Gasteiger partial charge in [-0.3, -0.25) is 0 Å². The van der Waals surface area contributed by atoms with Crippen LogP contribution in [-0.2, 0) is 19.8 Å². The number of benzene rings is 3. The Kier molecular flexibility index (Phi) is 7.68. The first kappa shape index (κ1) is 23.3. The van der Waals surface area contributed by atoms with Gasteiger partial charge in [-0.1, -0.05) is 91.0 Å². The maximum atomic E-state index is 14.7. The van der Waals surface area contributed by atoms with Crippen LogP contribution in [0.5, 0.6) is 0 Å². The lowest BCUT2D eigenvalue weighted by molar-refractivity contribution is -0.105. The number of hydrogen-bond acceptors (Lipinski definition) is 4. The Morgan fingerprint density at radius 3 is 1.76 bits per heavy atom. The maximum absolute atomic E-state index is 14.7. The van der Waals surface area contributed by atoms with E-state index >= 15 is 0 Å². The zero-order valence-electron chi connectivity index (χ0n) is 18.6. The van der Waals surface area contributed by atoms with E-state index in [1.165, 1.54) is 6.08 Å². The number of aliphatic hydroxyl groups is 1. The van der Waals surface area contributed by atoms with Crippen LogP contribution in [0.25, 0.3) is 0 Å². The van der Waals surface area contributed by atoms with Gasteiger partial charge in [0.15, 0.2) is 6.17 Å². The van der Waals surface area contributed by atoms with Crippen LogP contribution < -0.4 is 0 Å². The summed E-state index contributed by atoms with van der Waals surface area (Å²) in [5.74, 6) is 0. The molecule has 0 aliphatic heterocycles. The molecule has 33 heavy (non-hydrogen) atoms. The summed E-state index contributed by atoms with van der Waals surface area (Å²) in [7, 11) is 0. The molecule has 0 amide bonds. The normalized spacial score (nSPS) is 20.6. The van der Waals surface area contributed by atoms with E-state index < -0.39 is 24.0 Å². The second-order valence-electron chi connectivity index (χ2n) is 7.94. The molecule has 172 valence electrons. The summed E-state index contributed by atoms with van der Waals surface area (Å²) < 4.78 is 32.3. The second-order valence-corrected chi connectivity index (χ2v) is 7.94. The van der Waals surface area contributed by atoms with Crippen LogP contribution in [0.2, 0.25) is 0 Å². The number of alkyl halides is 1. The highest BCUT2D eigenvalue weighted by Gasteiger charge is 2.41. The third-order valence-corrected chi connectivity index (χ3v) is 5.90. The van der Waals surface area contributed by atoms with Crippen molar-refractivity contribution in [2.45, 2.75) is 30.9 Å². The summed E-state index contributed by atoms with van der Waals surface area (Å²) in [6.45, 7) is 2.33. The topological polar surface area (TPSA) is 47.9 Å². The monoisotopic (exact) mass is 448 g/mol. The number of hydrogen-bond donors (Lipinski definition) is 1. The molecule has 0 spiro atoms. The molecule has 1 aliphatic rings. The van der Waals surface area contributed by atoms with Gasteiger partial charge in [0.2, 0.25) is 0 Å². The fraction of sp³-hybridized carbons (Fsp3) is 0.286. The molecule has 0 bridgehead atoms. The molecule has 1 N–H and O–H groups in total. The Hall–Kier alpha value is -2.83. The molecule has 0 saturated carbocycles. The van der Waals surface area contributed by atoms with E-state index in [4.69, 9.17) is 14.2 Å². The summed E-state index contributed by atoms with van der Waals surface area (Å²) in [4.78, 5) is 0. The Morgan fingerprint density at radius 1 is 0.818 bits per heavy atom. The molecule has 3 aromatic rings. The van der Waals surface area contributed by atoms with Gasteiger partial charge in [-0.05, 0) is 35.3 Å². The summed E-state index contributed by atoms with van der Waals surface area (Å²) >= 11 is 0. The van der Waals surface area contributed by atoms with Crippen molar-refractivity contribution in [3.8, 4) is 0 Å². The van der Waals surface area contributed by atoms with E-state index in [2.05, 4.69) is 0 Å². The molecule has 0 radical (unpaired) electrons. The van der Waals surface area contributed by atoms with Crippen molar-refractivity contribution in [2.24, 2.45) is 0 Å². The van der Waals surface area contributed by atoms with Gasteiger partial charge in [0.1, 0.15) is 24.6 Å². The molecule has 1 unspecified atom stereocenters. The van der Waals surface area contributed by atoms with Crippen molar-refractivity contribution in [3.63, 3.8) is 0 Å². The zero-order valence-corrected chi connectivity index (χ0v) is 18.6. The molecular weight excluding hydrogens is 419 g/mol. The van der Waals surface area contributed by atoms with Crippen molar-refractivity contribution >= 4 is 0 Å². The Labute approximate surface area is 194 Å². The predicted molar refractivity (Wildman–Crippen MR) is 126 cm³/mol. The highest BCUT2D eigenvalue weighted by Crippen LogP contribution is 2.41. The average Bonchev–Trinajstić information content (AvgIpc) is 3.14. The number of ether oxygens (including phenoxy) is 3. The quantitative estimate of drug-likeness (QED) is 0.205. The minimum atomic E-state index is -1.57. The third kappa shape index (κ3) is 4.92. The predicted octanol–water partition coefficient (Wildman–Crippen LogP) is 5.01. The lowest BCUT2D eigenvalue weighted by Crippen LogP contribution is -2.36. The van der Waals surface area contributed by atoms with E-state index in [0.29, 0.717) is 12.2 Å². The molecule has 3 aromatic carbocycles. The van der Waals surface area contributed by atoms with E-state index in [1.807, 2.05) is 97.9 Å². The van der Waals surface area contributed by atoms with Gasteiger partial charge >= 0.3 is 0 Å². The lowest BCUT2D eigenvalue weighted by Gasteiger charge is -2.36. The van der Waals surface area contributed by atoms with Crippen LogP contribution in [0.1, 0.15) is 23.6 Å². The number of halogens is 1. The van der Waals surface area contributed by atoms with Crippen molar-refractivity contribution in [1.29, 1.82) is 0 Å². The van der Waals surface area contributed by atoms with Gasteiger partial charge in [-0.2, -0.15) is 0 Å². The maximum Gasteiger partial charge on any atom is 0.159 e. The zero-order chi connectivity index (χ0) is 23.1. The minimum Gasteiger partial charge on any atom is -0.386 e. The van der Waals surface area contributed by atoms with Crippen LogP contribution in [0.4, 0.5) is 4.39 Å². The van der Waals surface area contributed by atoms with E-state index in [0.717, 1.165) is 16.7 Å². The van der Waals surface area contributed by atoms with Crippen LogP contribution in [-0.4, -0.2) is 43.5 Å². The molecule has 0 aromatic heterocycles. The number of rotatable bonds is 10. The second kappa shape index (κ2) is 10.9.